The molecule has 0 spiro atoms. The first-order valence-corrected chi connectivity index (χ1v) is 10.7. The van der Waals surface area contributed by atoms with Gasteiger partial charge >= 0.3 is 0 Å². The van der Waals surface area contributed by atoms with E-state index in [0.717, 1.165) is 30.9 Å². The fourth-order valence-corrected chi connectivity index (χ4v) is 5.65. The van der Waals surface area contributed by atoms with Crippen molar-refractivity contribution >= 4 is 10.0 Å². The minimum absolute atomic E-state index is 0.436. The van der Waals surface area contributed by atoms with Gasteiger partial charge in [0.1, 0.15) is 0 Å². The maximum absolute atomic E-state index is 12.8. The summed E-state index contributed by atoms with van der Waals surface area (Å²) < 4.78 is 27.3. The first kappa shape index (κ1) is 17.9. The third-order valence-corrected chi connectivity index (χ3v) is 7.35. The van der Waals surface area contributed by atoms with E-state index in [4.69, 9.17) is 0 Å². The normalized spacial score (nSPS) is 25.0. The van der Waals surface area contributed by atoms with E-state index in [-0.39, 0.29) is 0 Å². The number of benzene rings is 1. The number of piperidine rings is 2. The maximum atomic E-state index is 12.8. The molecule has 2 aliphatic heterocycles. The molecule has 2 fully saturated rings. The molecule has 0 N–H and O–H groups in total. The summed E-state index contributed by atoms with van der Waals surface area (Å²) in [6.45, 7) is 9.15. The Bertz CT molecular complexity index is 651. The quantitative estimate of drug-likeness (QED) is 0.838. The van der Waals surface area contributed by atoms with Gasteiger partial charge in [-0.25, -0.2) is 8.42 Å². The number of hydrogen-bond acceptors (Lipinski definition) is 3. The molecule has 1 unspecified atom stereocenters. The number of sulfonamides is 1. The van der Waals surface area contributed by atoms with Gasteiger partial charge in [0.15, 0.2) is 0 Å². The molecule has 134 valence electrons. The Hall–Kier alpha value is -0.910. The summed E-state index contributed by atoms with van der Waals surface area (Å²) >= 11 is 0. The maximum Gasteiger partial charge on any atom is 0.243 e. The van der Waals surface area contributed by atoms with Crippen LogP contribution < -0.4 is 0 Å². The zero-order chi connectivity index (χ0) is 17.2. The van der Waals surface area contributed by atoms with Crippen molar-refractivity contribution in [2.24, 2.45) is 11.8 Å². The van der Waals surface area contributed by atoms with Crippen molar-refractivity contribution in [3.63, 3.8) is 0 Å². The standard InChI is InChI=1S/C19H30N2O2S/c1-16-5-3-7-19(13-16)24(22,23)21-11-8-18(9-12-21)15-20-10-4-6-17(2)14-20/h3,5,7,13,17-18H,4,6,8-12,14-15H2,1-2H3. The Labute approximate surface area is 146 Å². The Morgan fingerprint density at radius 3 is 2.54 bits per heavy atom. The zero-order valence-corrected chi connectivity index (χ0v) is 15.8. The highest BCUT2D eigenvalue weighted by atomic mass is 32.2. The molecule has 3 rings (SSSR count). The van der Waals surface area contributed by atoms with Crippen molar-refractivity contribution in [2.75, 3.05) is 32.7 Å². The van der Waals surface area contributed by atoms with Crippen LogP contribution >= 0.6 is 0 Å². The monoisotopic (exact) mass is 350 g/mol. The van der Waals surface area contributed by atoms with Crippen LogP contribution in [0.15, 0.2) is 29.2 Å². The predicted molar refractivity (Wildman–Crippen MR) is 97.5 cm³/mol. The summed E-state index contributed by atoms with van der Waals surface area (Å²) in [6, 6.07) is 7.25. The van der Waals surface area contributed by atoms with Crippen molar-refractivity contribution in [1.82, 2.24) is 9.21 Å². The van der Waals surface area contributed by atoms with E-state index in [1.165, 1.54) is 25.9 Å². The average molecular weight is 351 g/mol. The molecule has 4 nitrogen and oxygen atoms in total. The lowest BCUT2D eigenvalue weighted by Gasteiger charge is -2.37. The van der Waals surface area contributed by atoms with Gasteiger partial charge in [-0.05, 0) is 68.7 Å². The number of nitrogens with zero attached hydrogens (tertiary/aromatic N) is 2. The van der Waals surface area contributed by atoms with Gasteiger partial charge in [0.05, 0.1) is 4.90 Å². The first-order valence-electron chi connectivity index (χ1n) is 9.24. The predicted octanol–water partition coefficient (Wildman–Crippen LogP) is 3.13. The van der Waals surface area contributed by atoms with Crippen LogP contribution in [0.2, 0.25) is 0 Å². The Kier molecular flexibility index (Phi) is 5.63. The highest BCUT2D eigenvalue weighted by Gasteiger charge is 2.30. The van der Waals surface area contributed by atoms with Crippen molar-refractivity contribution in [3.8, 4) is 0 Å². The van der Waals surface area contributed by atoms with E-state index >= 15 is 0 Å². The van der Waals surface area contributed by atoms with Crippen molar-refractivity contribution in [2.45, 2.75) is 44.4 Å². The molecule has 1 aromatic carbocycles. The number of aryl methyl sites for hydroxylation is 1. The van der Waals surface area contributed by atoms with E-state index in [2.05, 4.69) is 11.8 Å². The summed E-state index contributed by atoms with van der Waals surface area (Å²) in [5.41, 5.74) is 0.991. The largest absolute Gasteiger partial charge is 0.303 e. The Morgan fingerprint density at radius 1 is 1.12 bits per heavy atom. The van der Waals surface area contributed by atoms with Gasteiger partial charge < -0.3 is 4.90 Å². The van der Waals surface area contributed by atoms with Crippen molar-refractivity contribution < 1.29 is 8.42 Å². The smallest absolute Gasteiger partial charge is 0.243 e. The van der Waals surface area contributed by atoms with Gasteiger partial charge in [0, 0.05) is 26.2 Å². The molecule has 2 saturated heterocycles. The fourth-order valence-electron chi connectivity index (χ4n) is 4.07. The van der Waals surface area contributed by atoms with Crippen LogP contribution in [0.5, 0.6) is 0 Å². The fraction of sp³-hybridized carbons (Fsp3) is 0.684. The lowest BCUT2D eigenvalue weighted by atomic mass is 9.94. The zero-order valence-electron chi connectivity index (χ0n) is 14.9. The third-order valence-electron chi connectivity index (χ3n) is 5.46. The van der Waals surface area contributed by atoms with Crippen LogP contribution in [0.3, 0.4) is 0 Å². The lowest BCUT2D eigenvalue weighted by Crippen LogP contribution is -2.43. The summed E-state index contributed by atoms with van der Waals surface area (Å²) in [7, 11) is -3.33. The summed E-state index contributed by atoms with van der Waals surface area (Å²) in [4.78, 5) is 3.02. The first-order chi connectivity index (χ1) is 11.4. The van der Waals surface area contributed by atoms with E-state index < -0.39 is 10.0 Å². The van der Waals surface area contributed by atoms with E-state index in [0.29, 0.717) is 23.9 Å². The molecule has 5 heteroatoms. The summed E-state index contributed by atoms with van der Waals surface area (Å²) in [5.74, 6) is 1.44. The van der Waals surface area contributed by atoms with E-state index in [1.807, 2.05) is 19.1 Å². The molecule has 1 aromatic rings. The average Bonchev–Trinajstić information content (AvgIpc) is 2.55. The van der Waals surface area contributed by atoms with Crippen molar-refractivity contribution in [1.29, 1.82) is 0 Å². The second-order valence-corrected chi connectivity index (χ2v) is 9.61. The molecule has 0 bridgehead atoms. The number of likely N-dealkylation sites (tertiary alicyclic amines) is 1. The molecule has 2 heterocycles. The SMILES string of the molecule is Cc1cccc(S(=O)(=O)N2CCC(CN3CCCC(C)C3)CC2)c1. The second kappa shape index (κ2) is 7.54. The van der Waals surface area contributed by atoms with Gasteiger partial charge in [-0.1, -0.05) is 19.1 Å². The molecule has 24 heavy (non-hydrogen) atoms. The molecule has 0 radical (unpaired) electrons. The minimum Gasteiger partial charge on any atom is -0.303 e. The van der Waals surface area contributed by atoms with Gasteiger partial charge in [-0.3, -0.25) is 0 Å². The van der Waals surface area contributed by atoms with Crippen LogP contribution in [-0.2, 0) is 10.0 Å². The second-order valence-electron chi connectivity index (χ2n) is 7.67. The molecule has 2 aliphatic rings. The molecule has 0 saturated carbocycles. The summed E-state index contributed by atoms with van der Waals surface area (Å²) in [6.07, 6.45) is 4.62. The minimum atomic E-state index is -3.33. The highest BCUT2D eigenvalue weighted by Crippen LogP contribution is 2.26. The third kappa shape index (κ3) is 4.19. The molecular formula is C19H30N2O2S. The number of hydrogen-bond donors (Lipinski definition) is 0. The van der Waals surface area contributed by atoms with Gasteiger partial charge in [-0.2, -0.15) is 4.31 Å². The van der Waals surface area contributed by atoms with Crippen LogP contribution in [0.4, 0.5) is 0 Å². The van der Waals surface area contributed by atoms with Gasteiger partial charge in [0.2, 0.25) is 10.0 Å². The van der Waals surface area contributed by atoms with Gasteiger partial charge in [0.25, 0.3) is 0 Å². The Morgan fingerprint density at radius 2 is 1.88 bits per heavy atom. The molecular weight excluding hydrogens is 320 g/mol. The molecule has 0 amide bonds. The molecule has 0 aromatic heterocycles. The van der Waals surface area contributed by atoms with Crippen LogP contribution in [0.25, 0.3) is 0 Å². The van der Waals surface area contributed by atoms with Crippen LogP contribution in [0.1, 0.15) is 38.2 Å². The van der Waals surface area contributed by atoms with Gasteiger partial charge in [-0.15, -0.1) is 0 Å². The van der Waals surface area contributed by atoms with Crippen LogP contribution in [0, 0.1) is 18.8 Å². The van der Waals surface area contributed by atoms with E-state index in [1.54, 1.807) is 16.4 Å². The van der Waals surface area contributed by atoms with Crippen molar-refractivity contribution in [3.05, 3.63) is 29.8 Å². The Balaban J connectivity index is 1.56. The highest BCUT2D eigenvalue weighted by molar-refractivity contribution is 7.89. The van der Waals surface area contributed by atoms with Crippen LogP contribution in [-0.4, -0.2) is 50.3 Å². The molecule has 0 aliphatic carbocycles. The molecule has 1 atom stereocenters. The summed E-state index contributed by atoms with van der Waals surface area (Å²) in [5, 5.41) is 0. The van der Waals surface area contributed by atoms with E-state index in [9.17, 15) is 8.42 Å². The lowest BCUT2D eigenvalue weighted by molar-refractivity contribution is 0.136. The topological polar surface area (TPSA) is 40.6 Å². The number of rotatable bonds is 4.